The molecule has 4 rings (SSSR count). The quantitative estimate of drug-likeness (QED) is 0.922. The van der Waals surface area contributed by atoms with Crippen molar-refractivity contribution in [3.8, 4) is 0 Å². The van der Waals surface area contributed by atoms with Crippen molar-refractivity contribution in [2.75, 3.05) is 37.6 Å². The molecule has 1 saturated carbocycles. The molecule has 2 heterocycles. The molecule has 0 radical (unpaired) electrons. The molecule has 1 aliphatic carbocycles. The van der Waals surface area contributed by atoms with E-state index in [2.05, 4.69) is 46.4 Å². The summed E-state index contributed by atoms with van der Waals surface area (Å²) in [4.78, 5) is 21.1. The molecule has 1 saturated heterocycles. The zero-order valence-corrected chi connectivity index (χ0v) is 15.3. The van der Waals surface area contributed by atoms with Gasteiger partial charge in [0.15, 0.2) is 0 Å². The highest BCUT2D eigenvalue weighted by Gasteiger charge is 2.44. The van der Waals surface area contributed by atoms with Crippen molar-refractivity contribution >= 4 is 11.8 Å². The molecule has 2 fully saturated rings. The van der Waals surface area contributed by atoms with E-state index < -0.39 is 0 Å². The molecule has 5 nitrogen and oxygen atoms in total. The highest BCUT2D eigenvalue weighted by atomic mass is 16.2. The Balaban J connectivity index is 1.29. The number of nitrogens with one attached hydrogen (secondary N) is 1. The molecule has 0 unspecified atom stereocenters. The molecule has 5 heteroatoms. The van der Waals surface area contributed by atoms with Gasteiger partial charge in [0.05, 0.1) is 0 Å². The van der Waals surface area contributed by atoms with Crippen molar-refractivity contribution in [2.24, 2.45) is 0 Å². The van der Waals surface area contributed by atoms with Gasteiger partial charge in [-0.1, -0.05) is 35.9 Å². The first-order valence-electron chi connectivity index (χ1n) is 9.42. The first kappa shape index (κ1) is 16.9. The molecule has 1 aromatic heterocycles. The van der Waals surface area contributed by atoms with Crippen molar-refractivity contribution in [3.63, 3.8) is 0 Å². The molecule has 2 aliphatic rings. The average molecular weight is 350 g/mol. The Morgan fingerprint density at radius 3 is 2.42 bits per heavy atom. The number of benzene rings is 1. The fraction of sp³-hybridized carbons (Fsp3) is 0.429. The maximum atomic E-state index is 12.6. The summed E-state index contributed by atoms with van der Waals surface area (Å²) >= 11 is 0. The molecule has 0 bridgehead atoms. The predicted octanol–water partition coefficient (Wildman–Crippen LogP) is 2.95. The maximum absolute atomic E-state index is 12.6. The topological polar surface area (TPSA) is 48.5 Å². The summed E-state index contributed by atoms with van der Waals surface area (Å²) in [6.45, 7) is 5.96. The van der Waals surface area contributed by atoms with Crippen LogP contribution in [0, 0.1) is 6.92 Å². The minimum Gasteiger partial charge on any atom is -0.353 e. The number of carbonyl (C=O) groups is 1. The average Bonchev–Trinajstić information content (AvgIpc) is 3.49. The van der Waals surface area contributed by atoms with Crippen LogP contribution in [-0.4, -0.2) is 48.6 Å². The lowest BCUT2D eigenvalue weighted by Crippen LogP contribution is -2.52. The monoisotopic (exact) mass is 350 g/mol. The van der Waals surface area contributed by atoms with Crippen LogP contribution in [-0.2, 0) is 5.41 Å². The maximum Gasteiger partial charge on any atom is 0.317 e. The number of piperazine rings is 1. The fourth-order valence-corrected chi connectivity index (χ4v) is 3.66. The molecule has 1 aliphatic heterocycles. The molecule has 136 valence electrons. The van der Waals surface area contributed by atoms with Crippen LogP contribution in [0.2, 0.25) is 0 Å². The van der Waals surface area contributed by atoms with Gasteiger partial charge in [-0.25, -0.2) is 9.78 Å². The molecule has 26 heavy (non-hydrogen) atoms. The van der Waals surface area contributed by atoms with Gasteiger partial charge in [-0.3, -0.25) is 0 Å². The Kier molecular flexibility index (Phi) is 4.53. The van der Waals surface area contributed by atoms with Gasteiger partial charge < -0.3 is 15.1 Å². The van der Waals surface area contributed by atoms with Crippen molar-refractivity contribution in [1.82, 2.24) is 15.2 Å². The summed E-state index contributed by atoms with van der Waals surface area (Å²) in [6.07, 6.45) is 4.13. The molecular formula is C21H26N4O. The van der Waals surface area contributed by atoms with Gasteiger partial charge in [0.2, 0.25) is 0 Å². The van der Waals surface area contributed by atoms with Crippen LogP contribution in [0.5, 0.6) is 0 Å². The van der Waals surface area contributed by atoms with Gasteiger partial charge >= 0.3 is 6.03 Å². The number of aryl methyl sites for hydroxylation is 1. The summed E-state index contributed by atoms with van der Waals surface area (Å²) in [5, 5.41) is 3.18. The Morgan fingerprint density at radius 2 is 1.81 bits per heavy atom. The van der Waals surface area contributed by atoms with Gasteiger partial charge in [-0.2, -0.15) is 0 Å². The van der Waals surface area contributed by atoms with Crippen molar-refractivity contribution < 1.29 is 4.79 Å². The van der Waals surface area contributed by atoms with E-state index in [4.69, 9.17) is 0 Å². The van der Waals surface area contributed by atoms with E-state index >= 15 is 0 Å². The van der Waals surface area contributed by atoms with E-state index in [1.165, 1.54) is 11.1 Å². The molecule has 1 N–H and O–H groups in total. The Bertz CT molecular complexity index is 747. The second-order valence-electron chi connectivity index (χ2n) is 7.47. The zero-order valence-electron chi connectivity index (χ0n) is 15.3. The predicted molar refractivity (Wildman–Crippen MR) is 104 cm³/mol. The first-order chi connectivity index (χ1) is 12.7. The summed E-state index contributed by atoms with van der Waals surface area (Å²) < 4.78 is 0. The van der Waals surface area contributed by atoms with E-state index in [9.17, 15) is 4.79 Å². The largest absolute Gasteiger partial charge is 0.353 e. The number of rotatable bonds is 4. The highest BCUT2D eigenvalue weighted by molar-refractivity contribution is 5.74. The van der Waals surface area contributed by atoms with Crippen molar-refractivity contribution in [1.29, 1.82) is 0 Å². The number of pyridine rings is 1. The van der Waals surface area contributed by atoms with Gasteiger partial charge in [0.25, 0.3) is 0 Å². The molecule has 2 amide bonds. The van der Waals surface area contributed by atoms with Gasteiger partial charge in [-0.15, -0.1) is 0 Å². The van der Waals surface area contributed by atoms with Crippen LogP contribution in [0.25, 0.3) is 0 Å². The third kappa shape index (κ3) is 3.52. The van der Waals surface area contributed by atoms with Crippen LogP contribution in [0.4, 0.5) is 10.6 Å². The highest BCUT2D eigenvalue weighted by Crippen LogP contribution is 2.47. The lowest BCUT2D eigenvalue weighted by molar-refractivity contribution is 0.193. The van der Waals surface area contributed by atoms with Gasteiger partial charge in [-0.05, 0) is 37.5 Å². The lowest BCUT2D eigenvalue weighted by atomic mass is 9.95. The van der Waals surface area contributed by atoms with Gasteiger partial charge in [0.1, 0.15) is 5.82 Å². The summed E-state index contributed by atoms with van der Waals surface area (Å²) in [5.41, 5.74) is 2.78. The number of carbonyl (C=O) groups excluding carboxylic acids is 1. The number of aromatic nitrogens is 1. The number of nitrogens with zero attached hydrogens (tertiary/aromatic N) is 3. The van der Waals surface area contributed by atoms with E-state index in [-0.39, 0.29) is 11.4 Å². The molecule has 0 atom stereocenters. The lowest BCUT2D eigenvalue weighted by Gasteiger charge is -2.35. The second kappa shape index (κ2) is 6.98. The fourth-order valence-electron chi connectivity index (χ4n) is 3.66. The molecular weight excluding hydrogens is 324 g/mol. The number of anilines is 1. The summed E-state index contributed by atoms with van der Waals surface area (Å²) in [7, 11) is 0. The summed E-state index contributed by atoms with van der Waals surface area (Å²) in [5.74, 6) is 0.990. The Labute approximate surface area is 155 Å². The second-order valence-corrected chi connectivity index (χ2v) is 7.47. The third-order valence-corrected chi connectivity index (χ3v) is 5.64. The van der Waals surface area contributed by atoms with Crippen LogP contribution < -0.4 is 10.2 Å². The van der Waals surface area contributed by atoms with E-state index in [1.807, 2.05) is 29.3 Å². The Hall–Kier alpha value is -2.56. The molecule has 2 aromatic rings. The SMILES string of the molecule is Cc1ccc(C2(CNC(=O)N3CCN(c4ccccn4)CC3)CC2)cc1. The van der Waals surface area contributed by atoms with Crippen LogP contribution >= 0.6 is 0 Å². The number of urea groups is 1. The minimum atomic E-state index is 0.0593. The normalized spacial score (nSPS) is 18.5. The van der Waals surface area contributed by atoms with Crippen LogP contribution in [0.3, 0.4) is 0 Å². The minimum absolute atomic E-state index is 0.0593. The zero-order chi connectivity index (χ0) is 18.0. The summed E-state index contributed by atoms with van der Waals surface area (Å²) in [6, 6.07) is 14.7. The van der Waals surface area contributed by atoms with Crippen molar-refractivity contribution in [2.45, 2.75) is 25.2 Å². The number of hydrogen-bond acceptors (Lipinski definition) is 3. The van der Waals surface area contributed by atoms with Crippen LogP contribution in [0.1, 0.15) is 24.0 Å². The number of amides is 2. The van der Waals surface area contributed by atoms with E-state index in [1.54, 1.807) is 0 Å². The molecule has 1 aromatic carbocycles. The number of hydrogen-bond donors (Lipinski definition) is 1. The first-order valence-corrected chi connectivity index (χ1v) is 9.42. The standard InChI is InChI=1S/C21H26N4O/c1-17-5-7-18(8-6-17)21(9-10-21)16-23-20(26)25-14-12-24(13-15-25)19-4-2-3-11-22-19/h2-8,11H,9-10,12-16H2,1H3,(H,23,26). The van der Waals surface area contributed by atoms with Gasteiger partial charge in [0, 0.05) is 44.3 Å². The Morgan fingerprint density at radius 1 is 1.08 bits per heavy atom. The van der Waals surface area contributed by atoms with Crippen LogP contribution in [0.15, 0.2) is 48.7 Å². The van der Waals surface area contributed by atoms with Crippen molar-refractivity contribution in [3.05, 3.63) is 59.8 Å². The molecule has 0 spiro atoms. The third-order valence-electron chi connectivity index (χ3n) is 5.64. The van der Waals surface area contributed by atoms with E-state index in [0.717, 1.165) is 51.4 Å². The van der Waals surface area contributed by atoms with E-state index in [0.29, 0.717) is 0 Å². The smallest absolute Gasteiger partial charge is 0.317 e.